The molecule has 1 aliphatic rings. The fourth-order valence-corrected chi connectivity index (χ4v) is 2.61. The summed E-state index contributed by atoms with van der Waals surface area (Å²) in [6, 6.07) is 10.5. The molecule has 0 saturated carbocycles. The van der Waals surface area contributed by atoms with E-state index in [1.54, 1.807) is 0 Å². The quantitative estimate of drug-likeness (QED) is 0.440. The van der Waals surface area contributed by atoms with Crippen molar-refractivity contribution in [1.29, 1.82) is 0 Å². The van der Waals surface area contributed by atoms with Crippen molar-refractivity contribution in [1.82, 2.24) is 10.2 Å². The first-order valence-electron chi connectivity index (χ1n) is 7.90. The van der Waals surface area contributed by atoms with Gasteiger partial charge in [0.1, 0.15) is 0 Å². The van der Waals surface area contributed by atoms with Crippen LogP contribution in [0.4, 0.5) is 0 Å². The molecular weight excluding hydrogens is 389 g/mol. The van der Waals surface area contributed by atoms with Gasteiger partial charge in [0.2, 0.25) is 0 Å². The molecule has 1 fully saturated rings. The lowest BCUT2D eigenvalue weighted by Gasteiger charge is -2.24. The normalized spacial score (nSPS) is 17.9. The van der Waals surface area contributed by atoms with E-state index in [1.807, 2.05) is 6.07 Å². The van der Waals surface area contributed by atoms with Crippen LogP contribution in [0.5, 0.6) is 0 Å². The third kappa shape index (κ3) is 6.52. The maximum atomic E-state index is 5.45. The van der Waals surface area contributed by atoms with E-state index in [2.05, 4.69) is 48.5 Å². The largest absolute Gasteiger partial charge is 0.381 e. The SMILES string of the molecule is CCNC(=NCCc1ccccc1)N(C)CC1CCOC1.I. The Morgan fingerprint density at radius 2 is 2.14 bits per heavy atom. The van der Waals surface area contributed by atoms with E-state index in [0.717, 1.165) is 51.6 Å². The van der Waals surface area contributed by atoms with E-state index in [4.69, 9.17) is 9.73 Å². The summed E-state index contributed by atoms with van der Waals surface area (Å²) in [4.78, 5) is 6.97. The predicted molar refractivity (Wildman–Crippen MR) is 103 cm³/mol. The summed E-state index contributed by atoms with van der Waals surface area (Å²) in [7, 11) is 2.11. The maximum absolute atomic E-state index is 5.45. The van der Waals surface area contributed by atoms with Crippen LogP contribution in [0.1, 0.15) is 18.9 Å². The molecule has 22 heavy (non-hydrogen) atoms. The van der Waals surface area contributed by atoms with Crippen LogP contribution < -0.4 is 5.32 Å². The predicted octanol–water partition coefficient (Wildman–Crippen LogP) is 2.78. The van der Waals surface area contributed by atoms with Crippen LogP contribution in [0.15, 0.2) is 35.3 Å². The van der Waals surface area contributed by atoms with Gasteiger partial charge in [-0.1, -0.05) is 30.3 Å². The zero-order valence-electron chi connectivity index (χ0n) is 13.6. The first-order chi connectivity index (χ1) is 10.3. The first-order valence-corrected chi connectivity index (χ1v) is 7.90. The van der Waals surface area contributed by atoms with E-state index in [0.29, 0.717) is 5.92 Å². The number of aliphatic imine (C=N–C) groups is 1. The second-order valence-corrected chi connectivity index (χ2v) is 5.58. The minimum Gasteiger partial charge on any atom is -0.381 e. The highest BCUT2D eigenvalue weighted by molar-refractivity contribution is 14.0. The molecule has 0 spiro atoms. The van der Waals surface area contributed by atoms with E-state index in [9.17, 15) is 0 Å². The Hall–Kier alpha value is -0.820. The molecule has 5 heteroatoms. The summed E-state index contributed by atoms with van der Waals surface area (Å²) in [5.41, 5.74) is 1.34. The van der Waals surface area contributed by atoms with Crippen molar-refractivity contribution in [3.8, 4) is 0 Å². The van der Waals surface area contributed by atoms with Gasteiger partial charge in [0.15, 0.2) is 5.96 Å². The minimum absolute atomic E-state index is 0. The molecule has 0 bridgehead atoms. The van der Waals surface area contributed by atoms with Gasteiger partial charge in [-0.05, 0) is 25.3 Å². The molecular formula is C17H28IN3O. The Bertz CT molecular complexity index is 433. The van der Waals surface area contributed by atoms with Gasteiger partial charge in [-0.25, -0.2) is 0 Å². The van der Waals surface area contributed by atoms with Crippen molar-refractivity contribution in [2.45, 2.75) is 19.8 Å². The Labute approximate surface area is 151 Å². The molecule has 1 aliphatic heterocycles. The van der Waals surface area contributed by atoms with Crippen molar-refractivity contribution in [3.05, 3.63) is 35.9 Å². The summed E-state index contributed by atoms with van der Waals surface area (Å²) >= 11 is 0. The average Bonchev–Trinajstić information content (AvgIpc) is 3.00. The molecule has 0 amide bonds. The van der Waals surface area contributed by atoms with Gasteiger partial charge in [-0.3, -0.25) is 4.99 Å². The van der Waals surface area contributed by atoms with Gasteiger partial charge >= 0.3 is 0 Å². The molecule has 2 rings (SSSR count). The van der Waals surface area contributed by atoms with Gasteiger partial charge < -0.3 is 15.0 Å². The molecule has 0 aliphatic carbocycles. The molecule has 4 nitrogen and oxygen atoms in total. The van der Waals surface area contributed by atoms with Crippen LogP contribution in [0.25, 0.3) is 0 Å². The second kappa shape index (κ2) is 10.8. The molecule has 1 aromatic carbocycles. The molecule has 124 valence electrons. The molecule has 0 aromatic heterocycles. The zero-order valence-corrected chi connectivity index (χ0v) is 16.0. The molecule has 0 radical (unpaired) electrons. The summed E-state index contributed by atoms with van der Waals surface area (Å²) in [5.74, 6) is 1.63. The van der Waals surface area contributed by atoms with Crippen molar-refractivity contribution in [2.75, 3.05) is 39.9 Å². The van der Waals surface area contributed by atoms with Gasteiger partial charge in [0.25, 0.3) is 0 Å². The summed E-state index contributed by atoms with van der Waals surface area (Å²) in [5, 5.41) is 3.38. The number of ether oxygens (including phenoxy) is 1. The monoisotopic (exact) mass is 417 g/mol. The maximum Gasteiger partial charge on any atom is 0.193 e. The highest BCUT2D eigenvalue weighted by Gasteiger charge is 2.18. The van der Waals surface area contributed by atoms with Crippen molar-refractivity contribution in [3.63, 3.8) is 0 Å². The zero-order chi connectivity index (χ0) is 14.9. The molecule has 1 aromatic rings. The first kappa shape index (κ1) is 19.2. The van der Waals surface area contributed by atoms with Crippen molar-refractivity contribution >= 4 is 29.9 Å². The van der Waals surface area contributed by atoms with Crippen LogP contribution in [0, 0.1) is 5.92 Å². The standard InChI is InChI=1S/C17H27N3O.HI/c1-3-18-17(20(2)13-16-10-12-21-14-16)19-11-9-15-7-5-4-6-8-15;/h4-8,16H,3,9-14H2,1-2H3,(H,18,19);1H. The van der Waals surface area contributed by atoms with Gasteiger partial charge in [0, 0.05) is 39.2 Å². The molecule has 1 unspecified atom stereocenters. The Balaban J connectivity index is 0.00000242. The number of hydrogen-bond donors (Lipinski definition) is 1. The lowest BCUT2D eigenvalue weighted by atomic mass is 10.1. The highest BCUT2D eigenvalue weighted by Crippen LogP contribution is 2.13. The fraction of sp³-hybridized carbons (Fsp3) is 0.588. The Kier molecular flexibility index (Phi) is 9.47. The molecule has 1 saturated heterocycles. The smallest absolute Gasteiger partial charge is 0.193 e. The molecule has 1 heterocycles. The number of hydrogen-bond acceptors (Lipinski definition) is 2. The van der Waals surface area contributed by atoms with Crippen molar-refractivity contribution in [2.24, 2.45) is 10.9 Å². The van der Waals surface area contributed by atoms with E-state index < -0.39 is 0 Å². The van der Waals surface area contributed by atoms with Gasteiger partial charge in [-0.15, -0.1) is 24.0 Å². The number of halogens is 1. The minimum atomic E-state index is 0. The number of nitrogens with one attached hydrogen (secondary N) is 1. The van der Waals surface area contributed by atoms with Gasteiger partial charge in [0.05, 0.1) is 6.61 Å². The van der Waals surface area contributed by atoms with Crippen LogP contribution in [-0.4, -0.2) is 50.8 Å². The Morgan fingerprint density at radius 3 is 2.77 bits per heavy atom. The van der Waals surface area contributed by atoms with E-state index in [1.165, 1.54) is 5.56 Å². The fourth-order valence-electron chi connectivity index (χ4n) is 2.61. The van der Waals surface area contributed by atoms with Crippen molar-refractivity contribution < 1.29 is 4.74 Å². The lowest BCUT2D eigenvalue weighted by Crippen LogP contribution is -2.41. The Morgan fingerprint density at radius 1 is 1.36 bits per heavy atom. The van der Waals surface area contributed by atoms with Gasteiger partial charge in [-0.2, -0.15) is 0 Å². The average molecular weight is 417 g/mol. The third-order valence-electron chi connectivity index (χ3n) is 3.76. The highest BCUT2D eigenvalue weighted by atomic mass is 127. The summed E-state index contributed by atoms with van der Waals surface area (Å²) < 4.78 is 5.45. The summed E-state index contributed by atoms with van der Waals surface area (Å²) in [6.07, 6.45) is 2.14. The number of guanidine groups is 1. The van der Waals surface area contributed by atoms with E-state index in [-0.39, 0.29) is 24.0 Å². The van der Waals surface area contributed by atoms with E-state index >= 15 is 0 Å². The number of rotatable bonds is 6. The second-order valence-electron chi connectivity index (χ2n) is 5.58. The lowest BCUT2D eigenvalue weighted by molar-refractivity contribution is 0.181. The number of nitrogens with zero attached hydrogens (tertiary/aromatic N) is 2. The molecule has 1 atom stereocenters. The molecule has 1 N–H and O–H groups in total. The van der Waals surface area contributed by atoms with Crippen LogP contribution in [-0.2, 0) is 11.2 Å². The summed E-state index contributed by atoms with van der Waals surface area (Å²) in [6.45, 7) is 6.62. The van der Waals surface area contributed by atoms with Crippen LogP contribution in [0.2, 0.25) is 0 Å². The number of benzene rings is 1. The topological polar surface area (TPSA) is 36.9 Å². The van der Waals surface area contributed by atoms with Crippen LogP contribution >= 0.6 is 24.0 Å². The third-order valence-corrected chi connectivity index (χ3v) is 3.76. The van der Waals surface area contributed by atoms with Crippen LogP contribution in [0.3, 0.4) is 0 Å².